The molecule has 0 bridgehead atoms. The summed E-state index contributed by atoms with van der Waals surface area (Å²) < 4.78 is 0. The lowest BCUT2D eigenvalue weighted by Crippen LogP contribution is -2.41. The first-order chi connectivity index (χ1) is 11.2. The molecule has 1 atom stereocenters. The van der Waals surface area contributed by atoms with Crippen molar-refractivity contribution >= 4 is 17.4 Å². The van der Waals surface area contributed by atoms with Gasteiger partial charge in [-0.15, -0.1) is 0 Å². The highest BCUT2D eigenvalue weighted by Gasteiger charge is 2.24. The van der Waals surface area contributed by atoms with E-state index in [0.29, 0.717) is 12.6 Å². The summed E-state index contributed by atoms with van der Waals surface area (Å²) in [5.74, 6) is 0. The van der Waals surface area contributed by atoms with E-state index < -0.39 is 0 Å². The molecule has 2 N–H and O–H groups in total. The molecule has 1 saturated heterocycles. The Bertz CT molecular complexity index is 657. The third-order valence-electron chi connectivity index (χ3n) is 4.24. The number of rotatable bonds is 4. The van der Waals surface area contributed by atoms with Crippen molar-refractivity contribution in [1.82, 2.24) is 5.32 Å². The third kappa shape index (κ3) is 4.03. The van der Waals surface area contributed by atoms with Crippen molar-refractivity contribution in [2.75, 3.05) is 23.3 Å². The fourth-order valence-corrected chi connectivity index (χ4v) is 3.12. The zero-order valence-corrected chi connectivity index (χ0v) is 13.5. The summed E-state index contributed by atoms with van der Waals surface area (Å²) in [7, 11) is 0. The maximum atomic E-state index is 12.1. The smallest absolute Gasteiger partial charge is 0.319 e. The number of amides is 2. The topological polar surface area (TPSA) is 44.4 Å². The van der Waals surface area contributed by atoms with Gasteiger partial charge in [-0.2, -0.15) is 0 Å². The molecule has 1 aliphatic rings. The van der Waals surface area contributed by atoms with E-state index in [9.17, 15) is 4.79 Å². The van der Waals surface area contributed by atoms with E-state index in [-0.39, 0.29) is 6.03 Å². The molecule has 3 rings (SSSR count). The van der Waals surface area contributed by atoms with Crippen molar-refractivity contribution in [2.45, 2.75) is 25.8 Å². The molecule has 4 heteroatoms. The van der Waals surface area contributed by atoms with E-state index in [4.69, 9.17) is 0 Å². The van der Waals surface area contributed by atoms with Gasteiger partial charge in [-0.3, -0.25) is 0 Å². The van der Waals surface area contributed by atoms with E-state index in [1.54, 1.807) is 0 Å². The van der Waals surface area contributed by atoms with Gasteiger partial charge in [0.05, 0.1) is 0 Å². The highest BCUT2D eigenvalue weighted by Crippen LogP contribution is 2.24. The Hall–Kier alpha value is -2.49. The number of anilines is 2. The van der Waals surface area contributed by atoms with Crippen molar-refractivity contribution in [3.8, 4) is 0 Å². The Morgan fingerprint density at radius 1 is 1.17 bits per heavy atom. The molecule has 1 fully saturated rings. The zero-order valence-electron chi connectivity index (χ0n) is 13.5. The highest BCUT2D eigenvalue weighted by molar-refractivity contribution is 5.89. The molecule has 0 aromatic heterocycles. The summed E-state index contributed by atoms with van der Waals surface area (Å²) in [6, 6.07) is 18.4. The number of para-hydroxylation sites is 1. The number of benzene rings is 2. The molecule has 0 saturated carbocycles. The van der Waals surface area contributed by atoms with E-state index in [2.05, 4.69) is 39.8 Å². The molecule has 0 unspecified atom stereocenters. The first kappa shape index (κ1) is 15.4. The van der Waals surface area contributed by atoms with Gasteiger partial charge in [-0.25, -0.2) is 4.79 Å². The number of carbonyl (C=O) groups is 1. The quantitative estimate of drug-likeness (QED) is 0.902. The number of nitrogens with one attached hydrogen (secondary N) is 2. The molecule has 2 amide bonds. The molecule has 23 heavy (non-hydrogen) atoms. The Morgan fingerprint density at radius 2 is 2.00 bits per heavy atom. The third-order valence-corrected chi connectivity index (χ3v) is 4.24. The molecule has 2 aromatic rings. The van der Waals surface area contributed by atoms with Gasteiger partial charge in [0.2, 0.25) is 0 Å². The monoisotopic (exact) mass is 309 g/mol. The lowest BCUT2D eigenvalue weighted by Gasteiger charge is -2.27. The fourth-order valence-electron chi connectivity index (χ4n) is 3.12. The molecule has 2 aromatic carbocycles. The van der Waals surface area contributed by atoms with Gasteiger partial charge in [-0.1, -0.05) is 30.3 Å². The molecule has 4 nitrogen and oxygen atoms in total. The van der Waals surface area contributed by atoms with E-state index >= 15 is 0 Å². The van der Waals surface area contributed by atoms with Crippen LogP contribution in [-0.2, 0) is 0 Å². The molecule has 1 aliphatic heterocycles. The van der Waals surface area contributed by atoms with Crippen LogP contribution in [0, 0.1) is 6.92 Å². The van der Waals surface area contributed by atoms with Crippen LogP contribution in [-0.4, -0.2) is 25.2 Å². The van der Waals surface area contributed by atoms with Crippen LogP contribution in [0.25, 0.3) is 0 Å². The van der Waals surface area contributed by atoms with Crippen LogP contribution in [0.15, 0.2) is 54.6 Å². The summed E-state index contributed by atoms with van der Waals surface area (Å²) >= 11 is 0. The standard InChI is InChI=1S/C19H23N3O/c1-15-7-5-8-16(13-15)21-19(23)20-14-18-11-6-12-22(18)17-9-3-2-4-10-17/h2-5,7-10,13,18H,6,11-12,14H2,1H3,(H2,20,21,23)/t18-/m1/s1. The molecule has 1 heterocycles. The van der Waals surface area contributed by atoms with Crippen LogP contribution >= 0.6 is 0 Å². The Balaban J connectivity index is 1.54. The molecule has 0 aliphatic carbocycles. The second-order valence-corrected chi connectivity index (χ2v) is 6.03. The predicted molar refractivity (Wildman–Crippen MR) is 95.0 cm³/mol. The second-order valence-electron chi connectivity index (χ2n) is 6.03. The number of urea groups is 1. The van der Waals surface area contributed by atoms with Gasteiger partial charge in [0.15, 0.2) is 0 Å². The highest BCUT2D eigenvalue weighted by atomic mass is 16.2. The van der Waals surface area contributed by atoms with Crippen LogP contribution in [0.1, 0.15) is 18.4 Å². The zero-order chi connectivity index (χ0) is 16.1. The number of carbonyl (C=O) groups excluding carboxylic acids is 1. The van der Waals surface area contributed by atoms with Crippen LogP contribution in [0.3, 0.4) is 0 Å². The first-order valence-corrected chi connectivity index (χ1v) is 8.15. The Labute approximate surface area is 137 Å². The van der Waals surface area contributed by atoms with Crippen molar-refractivity contribution in [2.24, 2.45) is 0 Å². The fraction of sp³-hybridized carbons (Fsp3) is 0.316. The SMILES string of the molecule is Cc1cccc(NC(=O)NC[C@H]2CCCN2c2ccccc2)c1. The maximum Gasteiger partial charge on any atom is 0.319 e. The normalized spacial score (nSPS) is 17.1. The van der Waals surface area contributed by atoms with Gasteiger partial charge >= 0.3 is 6.03 Å². The van der Waals surface area contributed by atoms with Gasteiger partial charge in [0.1, 0.15) is 0 Å². The van der Waals surface area contributed by atoms with Gasteiger partial charge in [0, 0.05) is 30.5 Å². The maximum absolute atomic E-state index is 12.1. The van der Waals surface area contributed by atoms with E-state index in [1.165, 1.54) is 12.1 Å². The predicted octanol–water partition coefficient (Wildman–Crippen LogP) is 3.79. The van der Waals surface area contributed by atoms with E-state index in [0.717, 1.165) is 24.2 Å². The number of hydrogen-bond donors (Lipinski definition) is 2. The summed E-state index contributed by atoms with van der Waals surface area (Å²) in [6.07, 6.45) is 2.28. The van der Waals surface area contributed by atoms with Crippen molar-refractivity contribution in [3.05, 3.63) is 60.2 Å². The minimum absolute atomic E-state index is 0.143. The molecular formula is C19H23N3O. The van der Waals surface area contributed by atoms with Crippen LogP contribution in [0.5, 0.6) is 0 Å². The van der Waals surface area contributed by atoms with Crippen molar-refractivity contribution in [3.63, 3.8) is 0 Å². The second kappa shape index (κ2) is 7.18. The first-order valence-electron chi connectivity index (χ1n) is 8.15. The van der Waals surface area contributed by atoms with E-state index in [1.807, 2.05) is 37.3 Å². The molecule has 120 valence electrons. The van der Waals surface area contributed by atoms with Gasteiger partial charge < -0.3 is 15.5 Å². The van der Waals surface area contributed by atoms with Crippen LogP contribution in [0.4, 0.5) is 16.2 Å². The number of nitrogens with zero attached hydrogens (tertiary/aromatic N) is 1. The average Bonchev–Trinajstić information content (AvgIpc) is 3.02. The van der Waals surface area contributed by atoms with Crippen molar-refractivity contribution in [1.29, 1.82) is 0 Å². The summed E-state index contributed by atoms with van der Waals surface area (Å²) in [5.41, 5.74) is 3.19. The Kier molecular flexibility index (Phi) is 4.81. The van der Waals surface area contributed by atoms with Crippen LogP contribution in [0.2, 0.25) is 0 Å². The number of aryl methyl sites for hydroxylation is 1. The molecule has 0 spiro atoms. The molecule has 0 radical (unpaired) electrons. The minimum Gasteiger partial charge on any atom is -0.367 e. The Morgan fingerprint density at radius 3 is 2.78 bits per heavy atom. The van der Waals surface area contributed by atoms with Gasteiger partial charge in [0.25, 0.3) is 0 Å². The molecular weight excluding hydrogens is 286 g/mol. The van der Waals surface area contributed by atoms with Crippen molar-refractivity contribution < 1.29 is 4.79 Å². The van der Waals surface area contributed by atoms with Crippen LogP contribution < -0.4 is 15.5 Å². The summed E-state index contributed by atoms with van der Waals surface area (Å²) in [6.45, 7) is 3.72. The lowest BCUT2D eigenvalue weighted by atomic mass is 10.2. The summed E-state index contributed by atoms with van der Waals surface area (Å²) in [5, 5.41) is 5.89. The average molecular weight is 309 g/mol. The van der Waals surface area contributed by atoms with Gasteiger partial charge in [-0.05, 0) is 49.6 Å². The number of hydrogen-bond acceptors (Lipinski definition) is 2. The minimum atomic E-state index is -0.143. The summed E-state index contributed by atoms with van der Waals surface area (Å²) in [4.78, 5) is 14.5. The lowest BCUT2D eigenvalue weighted by molar-refractivity contribution is 0.251. The largest absolute Gasteiger partial charge is 0.367 e.